The Hall–Kier alpha value is -3.15. The Labute approximate surface area is 187 Å². The van der Waals surface area contributed by atoms with Gasteiger partial charge in [-0.2, -0.15) is 5.10 Å². The van der Waals surface area contributed by atoms with Crippen molar-refractivity contribution in [3.05, 3.63) is 107 Å². The molecule has 0 radical (unpaired) electrons. The van der Waals surface area contributed by atoms with E-state index >= 15 is 0 Å². The van der Waals surface area contributed by atoms with Crippen LogP contribution in [0.2, 0.25) is 5.15 Å². The van der Waals surface area contributed by atoms with Crippen molar-refractivity contribution in [2.45, 2.75) is 6.04 Å². The molecule has 1 N–H and O–H groups in total. The van der Waals surface area contributed by atoms with Gasteiger partial charge >= 0.3 is 0 Å². The number of halogens is 1. The van der Waals surface area contributed by atoms with Gasteiger partial charge in [-0.3, -0.25) is 9.41 Å². The zero-order chi connectivity index (χ0) is 21.0. The summed E-state index contributed by atoms with van der Waals surface area (Å²) in [5.74, 6) is 0. The first-order valence-corrected chi connectivity index (χ1v) is 11.0. The number of hydrogen-bond acceptors (Lipinski definition) is 3. The average Bonchev–Trinajstić information content (AvgIpc) is 3.15. The average molecular weight is 431 g/mol. The molecule has 3 heterocycles. The van der Waals surface area contributed by atoms with Gasteiger partial charge in [0.25, 0.3) is 0 Å². The van der Waals surface area contributed by atoms with Crippen LogP contribution in [0, 0.1) is 0 Å². The lowest BCUT2D eigenvalue weighted by molar-refractivity contribution is -0.929. The van der Waals surface area contributed by atoms with Crippen molar-refractivity contribution in [1.82, 2.24) is 14.4 Å². The maximum absolute atomic E-state index is 6.34. The highest BCUT2D eigenvalue weighted by molar-refractivity contribution is 6.32. The van der Waals surface area contributed by atoms with Crippen LogP contribution >= 0.6 is 11.6 Å². The molecule has 0 bridgehead atoms. The van der Waals surface area contributed by atoms with E-state index in [0.717, 1.165) is 37.5 Å². The van der Waals surface area contributed by atoms with Gasteiger partial charge < -0.3 is 4.90 Å². The van der Waals surface area contributed by atoms with Crippen LogP contribution in [-0.2, 0) is 0 Å². The number of fused-ring (bicyclic) bond motifs is 1. The molecule has 0 amide bonds. The van der Waals surface area contributed by atoms with Gasteiger partial charge in [-0.25, -0.2) is 4.98 Å². The number of rotatable bonds is 5. The molecular formula is C25H25ClN5+. The minimum Gasteiger partial charge on any atom is -0.322 e. The van der Waals surface area contributed by atoms with Gasteiger partial charge in [0, 0.05) is 17.3 Å². The van der Waals surface area contributed by atoms with Gasteiger partial charge in [-0.05, 0) is 12.1 Å². The highest BCUT2D eigenvalue weighted by Crippen LogP contribution is 2.19. The molecule has 0 atom stereocenters. The summed E-state index contributed by atoms with van der Waals surface area (Å²) >= 11 is 6.34. The Morgan fingerprint density at radius 1 is 0.871 bits per heavy atom. The largest absolute Gasteiger partial charge is 0.322 e. The van der Waals surface area contributed by atoms with Crippen LogP contribution in [0.1, 0.15) is 22.9 Å². The molecule has 31 heavy (non-hydrogen) atoms. The molecular weight excluding hydrogens is 406 g/mol. The molecule has 0 saturated carbocycles. The second kappa shape index (κ2) is 8.92. The summed E-state index contributed by atoms with van der Waals surface area (Å²) in [6.45, 7) is 3.84. The molecule has 0 aliphatic carbocycles. The molecule has 6 heteroatoms. The van der Waals surface area contributed by atoms with E-state index in [4.69, 9.17) is 16.7 Å². The summed E-state index contributed by atoms with van der Waals surface area (Å²) < 4.78 is 1.97. The molecule has 5 nitrogen and oxygen atoms in total. The van der Waals surface area contributed by atoms with Crippen molar-refractivity contribution in [2.24, 2.45) is 5.10 Å². The number of quaternary nitrogens is 1. The fourth-order valence-corrected chi connectivity index (χ4v) is 4.61. The van der Waals surface area contributed by atoms with Gasteiger partial charge in [0.05, 0.1) is 32.4 Å². The van der Waals surface area contributed by atoms with Crippen molar-refractivity contribution >= 4 is 23.5 Å². The third-order valence-electron chi connectivity index (χ3n) is 5.92. The molecule has 156 valence electrons. The van der Waals surface area contributed by atoms with Crippen LogP contribution in [0.25, 0.3) is 5.65 Å². The van der Waals surface area contributed by atoms with Crippen molar-refractivity contribution < 1.29 is 4.90 Å². The van der Waals surface area contributed by atoms with E-state index in [1.165, 1.54) is 11.1 Å². The van der Waals surface area contributed by atoms with Crippen LogP contribution < -0.4 is 4.90 Å². The third-order valence-corrected chi connectivity index (χ3v) is 6.20. The number of imidazole rings is 1. The van der Waals surface area contributed by atoms with E-state index in [1.54, 1.807) is 4.90 Å². The van der Waals surface area contributed by atoms with Crippen LogP contribution in [0.5, 0.6) is 0 Å². The first kappa shape index (κ1) is 19.8. The lowest BCUT2D eigenvalue weighted by Crippen LogP contribution is -3.15. The van der Waals surface area contributed by atoms with E-state index in [1.807, 2.05) is 35.0 Å². The van der Waals surface area contributed by atoms with Crippen LogP contribution in [0.15, 0.2) is 90.2 Å². The summed E-state index contributed by atoms with van der Waals surface area (Å²) in [5.41, 5.74) is 4.37. The van der Waals surface area contributed by atoms with Gasteiger partial charge in [0.1, 0.15) is 17.4 Å². The van der Waals surface area contributed by atoms with Crippen molar-refractivity contribution in [3.8, 4) is 0 Å². The summed E-state index contributed by atoms with van der Waals surface area (Å²) in [7, 11) is 0. The molecule has 2 aromatic carbocycles. The predicted octanol–water partition coefficient (Wildman–Crippen LogP) is 3.31. The van der Waals surface area contributed by atoms with Crippen molar-refractivity contribution in [2.75, 3.05) is 26.2 Å². The van der Waals surface area contributed by atoms with Crippen LogP contribution in [0.3, 0.4) is 0 Å². The van der Waals surface area contributed by atoms with E-state index < -0.39 is 0 Å². The SMILES string of the molecule is Clc1nc2ccccn2c1C=NN1CC[NH+](C(c2ccccc2)c2ccccc2)CC1. The number of pyridine rings is 1. The normalized spacial score (nSPS) is 15.4. The predicted molar refractivity (Wildman–Crippen MR) is 125 cm³/mol. The standard InChI is InChI=1S/C25H24ClN5/c26-25-22(31-14-8-7-13-23(31)28-25)19-27-30-17-15-29(16-18-30)24(20-9-3-1-4-10-20)21-11-5-2-6-12-21/h1-14,19,24H,15-18H2/p+1. The van der Waals surface area contributed by atoms with E-state index in [-0.39, 0.29) is 0 Å². The van der Waals surface area contributed by atoms with Crippen molar-refractivity contribution in [3.63, 3.8) is 0 Å². The lowest BCUT2D eigenvalue weighted by atomic mass is 9.96. The minimum absolute atomic E-state index is 0.335. The monoisotopic (exact) mass is 430 g/mol. The van der Waals surface area contributed by atoms with E-state index in [0.29, 0.717) is 11.2 Å². The number of nitrogens with zero attached hydrogens (tertiary/aromatic N) is 4. The summed E-state index contributed by atoms with van der Waals surface area (Å²) in [6.07, 6.45) is 3.79. The van der Waals surface area contributed by atoms with Gasteiger partial charge in [0.15, 0.2) is 5.15 Å². The number of aromatic nitrogens is 2. The lowest BCUT2D eigenvalue weighted by Gasteiger charge is -2.35. The fraction of sp³-hybridized carbons (Fsp3) is 0.200. The molecule has 1 aliphatic rings. The molecule has 1 fully saturated rings. The Bertz CT molecular complexity index is 1120. The highest BCUT2D eigenvalue weighted by atomic mass is 35.5. The van der Waals surface area contributed by atoms with Crippen LogP contribution in [-0.4, -0.2) is 46.8 Å². The quantitative estimate of drug-likeness (QED) is 0.493. The molecule has 1 saturated heterocycles. The Balaban J connectivity index is 1.32. The highest BCUT2D eigenvalue weighted by Gasteiger charge is 2.29. The Morgan fingerprint density at radius 2 is 1.48 bits per heavy atom. The Morgan fingerprint density at radius 3 is 2.13 bits per heavy atom. The second-order valence-corrected chi connectivity index (χ2v) is 8.19. The summed E-state index contributed by atoms with van der Waals surface area (Å²) in [5, 5.41) is 7.34. The summed E-state index contributed by atoms with van der Waals surface area (Å²) in [6, 6.07) is 27.8. The maximum atomic E-state index is 6.34. The molecule has 4 aromatic rings. The first-order valence-electron chi connectivity index (χ1n) is 10.7. The Kier molecular flexibility index (Phi) is 5.69. The van der Waals surface area contributed by atoms with E-state index in [2.05, 4.69) is 70.7 Å². The van der Waals surface area contributed by atoms with Gasteiger partial charge in [-0.1, -0.05) is 78.3 Å². The topological polar surface area (TPSA) is 37.3 Å². The maximum Gasteiger partial charge on any atom is 0.157 e. The molecule has 0 unspecified atom stereocenters. The van der Waals surface area contributed by atoms with E-state index in [9.17, 15) is 0 Å². The molecule has 5 rings (SSSR count). The van der Waals surface area contributed by atoms with Crippen LogP contribution in [0.4, 0.5) is 0 Å². The van der Waals surface area contributed by atoms with Crippen molar-refractivity contribution in [1.29, 1.82) is 0 Å². The van der Waals surface area contributed by atoms with Gasteiger partial charge in [-0.15, -0.1) is 0 Å². The van der Waals surface area contributed by atoms with Gasteiger partial charge in [0.2, 0.25) is 0 Å². The number of hydrazone groups is 1. The number of nitrogens with one attached hydrogen (secondary N) is 1. The molecule has 0 spiro atoms. The number of benzene rings is 2. The third kappa shape index (κ3) is 4.20. The first-order chi connectivity index (χ1) is 15.3. The second-order valence-electron chi connectivity index (χ2n) is 7.83. The zero-order valence-electron chi connectivity index (χ0n) is 17.2. The number of hydrogen-bond donors (Lipinski definition) is 1. The number of piperazine rings is 1. The molecule has 1 aliphatic heterocycles. The summed E-state index contributed by atoms with van der Waals surface area (Å²) in [4.78, 5) is 5.96. The molecule has 2 aromatic heterocycles. The smallest absolute Gasteiger partial charge is 0.157 e. The zero-order valence-corrected chi connectivity index (χ0v) is 18.0. The minimum atomic E-state index is 0.335. The fourth-order valence-electron chi connectivity index (χ4n) is 4.38.